The Bertz CT molecular complexity index is 3490. The molecule has 0 aliphatic heterocycles. The van der Waals surface area contributed by atoms with Crippen molar-refractivity contribution in [1.29, 1.82) is 0 Å². The highest BCUT2D eigenvalue weighted by Gasteiger charge is 2.22. The summed E-state index contributed by atoms with van der Waals surface area (Å²) in [6, 6.07) is 69.9. The van der Waals surface area contributed by atoms with Gasteiger partial charge in [0.25, 0.3) is 0 Å². The second-order valence-electron chi connectivity index (χ2n) is 15.4. The summed E-state index contributed by atoms with van der Waals surface area (Å²) in [4.78, 5) is 5.07. The second kappa shape index (κ2) is 12.7. The van der Waals surface area contributed by atoms with Gasteiger partial charge >= 0.3 is 0 Å². The normalized spacial score (nSPS) is 12.6. The van der Waals surface area contributed by atoms with Crippen LogP contribution in [0.2, 0.25) is 0 Å². The van der Waals surface area contributed by atoms with Gasteiger partial charge in [-0.25, -0.2) is 4.99 Å². The van der Waals surface area contributed by atoms with E-state index in [1.165, 1.54) is 82.2 Å². The third-order valence-corrected chi connectivity index (χ3v) is 12.1. The van der Waals surface area contributed by atoms with Gasteiger partial charge in [-0.2, -0.15) is 0 Å². The SMILES string of the molecule is NC(=Nc1cccc2c1Cc1ccccc1-2)c1cccc(-n2c3ccc(-c4ccc5c(c4)c4ccccc4n5-c4ccccc4)cc3c3ccc4ccccc4c32)c1. The maximum Gasteiger partial charge on any atom is 0.131 e. The van der Waals surface area contributed by atoms with Gasteiger partial charge < -0.3 is 14.9 Å². The van der Waals surface area contributed by atoms with Gasteiger partial charge in [0.1, 0.15) is 5.84 Å². The van der Waals surface area contributed by atoms with Crippen molar-refractivity contribution < 1.29 is 0 Å². The highest BCUT2D eigenvalue weighted by molar-refractivity contribution is 6.19. The Kier molecular flexibility index (Phi) is 7.11. The molecule has 4 heteroatoms. The van der Waals surface area contributed by atoms with Crippen LogP contribution in [0.15, 0.2) is 199 Å². The number of fused-ring (bicyclic) bond motifs is 11. The molecule has 4 nitrogen and oxygen atoms in total. The molecule has 1 aliphatic rings. The van der Waals surface area contributed by atoms with E-state index in [0.29, 0.717) is 5.84 Å². The quantitative estimate of drug-likeness (QED) is 0.139. The number of nitrogens with two attached hydrogens (primary N) is 1. The molecule has 272 valence electrons. The fraction of sp³-hybridized carbons (Fsp3) is 0.0185. The zero-order valence-electron chi connectivity index (χ0n) is 31.6. The molecule has 0 saturated heterocycles. The van der Waals surface area contributed by atoms with Crippen molar-refractivity contribution in [2.45, 2.75) is 6.42 Å². The van der Waals surface area contributed by atoms with E-state index in [9.17, 15) is 0 Å². The molecule has 11 aromatic rings. The van der Waals surface area contributed by atoms with Crippen LogP contribution in [0.25, 0.3) is 88.0 Å². The molecule has 0 fully saturated rings. The number of rotatable bonds is 5. The molecule has 58 heavy (non-hydrogen) atoms. The van der Waals surface area contributed by atoms with Crippen molar-refractivity contribution in [3.05, 3.63) is 211 Å². The van der Waals surface area contributed by atoms with Crippen molar-refractivity contribution in [3.63, 3.8) is 0 Å². The van der Waals surface area contributed by atoms with Crippen molar-refractivity contribution in [2.24, 2.45) is 10.7 Å². The third-order valence-electron chi connectivity index (χ3n) is 12.1. The summed E-state index contributed by atoms with van der Waals surface area (Å²) < 4.78 is 4.77. The van der Waals surface area contributed by atoms with Crippen LogP contribution in [0.1, 0.15) is 16.7 Å². The Hall–Kier alpha value is -7.69. The zero-order valence-corrected chi connectivity index (χ0v) is 31.6. The molecule has 0 radical (unpaired) electrons. The first kappa shape index (κ1) is 32.5. The second-order valence-corrected chi connectivity index (χ2v) is 15.4. The van der Waals surface area contributed by atoms with E-state index in [1.807, 2.05) is 0 Å². The number of nitrogens with zero attached hydrogens (tertiary/aromatic N) is 3. The average molecular weight is 741 g/mol. The van der Waals surface area contributed by atoms with Gasteiger partial charge in [0.05, 0.1) is 27.8 Å². The highest BCUT2D eigenvalue weighted by atomic mass is 15.0. The van der Waals surface area contributed by atoms with Crippen LogP contribution >= 0.6 is 0 Å². The van der Waals surface area contributed by atoms with Gasteiger partial charge in [-0.15, -0.1) is 0 Å². The average Bonchev–Trinajstić information content (AvgIpc) is 3.95. The van der Waals surface area contributed by atoms with Crippen LogP contribution in [0.3, 0.4) is 0 Å². The van der Waals surface area contributed by atoms with Crippen molar-refractivity contribution >= 4 is 65.9 Å². The molecule has 2 heterocycles. The number of amidine groups is 1. The minimum Gasteiger partial charge on any atom is -0.383 e. The van der Waals surface area contributed by atoms with Gasteiger partial charge in [0.15, 0.2) is 0 Å². The topological polar surface area (TPSA) is 48.2 Å². The van der Waals surface area contributed by atoms with E-state index in [1.54, 1.807) is 0 Å². The minimum atomic E-state index is 0.503. The summed E-state index contributed by atoms with van der Waals surface area (Å²) in [7, 11) is 0. The fourth-order valence-electron chi connectivity index (χ4n) is 9.48. The predicted octanol–water partition coefficient (Wildman–Crippen LogP) is 13.3. The minimum absolute atomic E-state index is 0.503. The molecule has 9 aromatic carbocycles. The van der Waals surface area contributed by atoms with Crippen LogP contribution < -0.4 is 5.73 Å². The summed E-state index contributed by atoms with van der Waals surface area (Å²) in [5.41, 5.74) is 23.1. The number of hydrogen-bond acceptors (Lipinski definition) is 1. The van der Waals surface area contributed by atoms with Gasteiger partial charge in [-0.3, -0.25) is 0 Å². The van der Waals surface area contributed by atoms with Gasteiger partial charge in [-0.1, -0.05) is 133 Å². The first-order valence-electron chi connectivity index (χ1n) is 19.9. The summed E-state index contributed by atoms with van der Waals surface area (Å²) in [6.45, 7) is 0. The van der Waals surface area contributed by atoms with E-state index in [2.05, 4.69) is 203 Å². The lowest BCUT2D eigenvalue weighted by Crippen LogP contribution is -2.13. The van der Waals surface area contributed by atoms with E-state index in [-0.39, 0.29) is 0 Å². The van der Waals surface area contributed by atoms with Crippen LogP contribution in [0.5, 0.6) is 0 Å². The highest BCUT2D eigenvalue weighted by Crippen LogP contribution is 2.42. The third kappa shape index (κ3) is 4.92. The molecule has 0 atom stereocenters. The van der Waals surface area contributed by atoms with E-state index < -0.39 is 0 Å². The van der Waals surface area contributed by atoms with Crippen molar-refractivity contribution in [1.82, 2.24) is 9.13 Å². The lowest BCUT2D eigenvalue weighted by Gasteiger charge is -2.12. The number of para-hydroxylation sites is 2. The molecule has 0 amide bonds. The maximum atomic E-state index is 6.90. The molecule has 0 unspecified atom stereocenters. The van der Waals surface area contributed by atoms with E-state index in [4.69, 9.17) is 10.7 Å². The number of aromatic nitrogens is 2. The Morgan fingerprint density at radius 1 is 0.448 bits per heavy atom. The Morgan fingerprint density at radius 3 is 1.97 bits per heavy atom. The Labute approximate surface area is 335 Å². The molecule has 12 rings (SSSR count). The molecule has 0 spiro atoms. The molecule has 0 bridgehead atoms. The molecule has 2 N–H and O–H groups in total. The summed E-state index contributed by atoms with van der Waals surface area (Å²) in [6.07, 6.45) is 0.861. The van der Waals surface area contributed by atoms with Crippen LogP contribution in [-0.4, -0.2) is 15.0 Å². The Morgan fingerprint density at radius 2 is 1.10 bits per heavy atom. The van der Waals surface area contributed by atoms with Crippen LogP contribution in [0.4, 0.5) is 5.69 Å². The summed E-state index contributed by atoms with van der Waals surface area (Å²) >= 11 is 0. The van der Waals surface area contributed by atoms with Crippen LogP contribution in [-0.2, 0) is 6.42 Å². The first-order chi connectivity index (χ1) is 28.7. The number of hydrogen-bond donors (Lipinski definition) is 1. The molecule has 1 aliphatic carbocycles. The lowest BCUT2D eigenvalue weighted by molar-refractivity contribution is 1.18. The van der Waals surface area contributed by atoms with Gasteiger partial charge in [0.2, 0.25) is 0 Å². The van der Waals surface area contributed by atoms with Crippen LogP contribution in [0, 0.1) is 0 Å². The van der Waals surface area contributed by atoms with E-state index in [0.717, 1.165) is 34.6 Å². The monoisotopic (exact) mass is 740 g/mol. The molecule has 0 saturated carbocycles. The van der Waals surface area contributed by atoms with Gasteiger partial charge in [-0.05, 0) is 99.4 Å². The lowest BCUT2D eigenvalue weighted by atomic mass is 10.00. The standard InChI is InChI=1S/C54H36N4/c55-54(56-49-22-11-21-43-41-18-6-5-13-37(41)33-46(43)49)38-14-10-17-40(30-38)58-52-29-26-36(32-48(52)45-27-24-34-12-4-7-19-42(34)53(45)58)35-25-28-51-47(31-35)44-20-8-9-23-50(44)57(51)39-15-2-1-3-16-39/h1-32H,33H2,(H2,55,56). The maximum absolute atomic E-state index is 6.90. The summed E-state index contributed by atoms with van der Waals surface area (Å²) in [5.74, 6) is 0.503. The largest absolute Gasteiger partial charge is 0.383 e. The zero-order chi connectivity index (χ0) is 38.3. The Balaban J connectivity index is 1.01. The predicted molar refractivity (Wildman–Crippen MR) is 243 cm³/mol. The molecular formula is C54H36N4. The first-order valence-corrected chi connectivity index (χ1v) is 19.9. The smallest absolute Gasteiger partial charge is 0.131 e. The molecular weight excluding hydrogens is 705 g/mol. The summed E-state index contributed by atoms with van der Waals surface area (Å²) in [5, 5.41) is 7.32. The van der Waals surface area contributed by atoms with E-state index >= 15 is 0 Å². The van der Waals surface area contributed by atoms with Crippen molar-refractivity contribution in [2.75, 3.05) is 0 Å². The number of aliphatic imine (C=N–C) groups is 1. The van der Waals surface area contributed by atoms with Crippen molar-refractivity contribution in [3.8, 4) is 33.6 Å². The molecule has 2 aromatic heterocycles. The van der Waals surface area contributed by atoms with Gasteiger partial charge in [0, 0.05) is 50.3 Å². The fourth-order valence-corrected chi connectivity index (χ4v) is 9.48. The number of benzene rings is 9.